The second-order valence-corrected chi connectivity index (χ2v) is 14.8. The maximum absolute atomic E-state index is 5.25. The van der Waals surface area contributed by atoms with Crippen molar-refractivity contribution in [2.45, 2.75) is 0 Å². The summed E-state index contributed by atoms with van der Waals surface area (Å²) in [6.45, 7) is 0. The zero-order chi connectivity index (χ0) is 38.4. The monoisotopic (exact) mass is 737 g/mol. The molecule has 0 atom stereocenters. The molecule has 270 valence electrons. The Balaban J connectivity index is 1.02. The van der Waals surface area contributed by atoms with Gasteiger partial charge in [0.05, 0.1) is 0 Å². The van der Waals surface area contributed by atoms with Gasteiger partial charge in [0.25, 0.3) is 0 Å². The molecule has 3 nitrogen and oxygen atoms in total. The zero-order valence-electron chi connectivity index (χ0n) is 31.5. The van der Waals surface area contributed by atoms with E-state index >= 15 is 0 Å². The van der Waals surface area contributed by atoms with Gasteiger partial charge in [0, 0.05) is 16.7 Å². The van der Waals surface area contributed by atoms with Gasteiger partial charge in [-0.15, -0.1) is 0 Å². The van der Waals surface area contributed by atoms with Crippen molar-refractivity contribution >= 4 is 43.1 Å². The topological polar surface area (TPSA) is 38.7 Å². The lowest BCUT2D eigenvalue weighted by molar-refractivity contribution is 1.08. The molecule has 11 aromatic rings. The van der Waals surface area contributed by atoms with E-state index in [4.69, 9.17) is 15.0 Å². The first-order valence-corrected chi connectivity index (χ1v) is 19.7. The van der Waals surface area contributed by atoms with Crippen LogP contribution in [0.25, 0.3) is 111 Å². The van der Waals surface area contributed by atoms with Gasteiger partial charge < -0.3 is 0 Å². The van der Waals surface area contributed by atoms with E-state index < -0.39 is 0 Å². The minimum absolute atomic E-state index is 0.630. The third-order valence-electron chi connectivity index (χ3n) is 11.3. The smallest absolute Gasteiger partial charge is 0.164 e. The van der Waals surface area contributed by atoms with E-state index in [0.717, 1.165) is 44.2 Å². The third kappa shape index (κ3) is 6.07. The molecule has 0 aliphatic heterocycles. The average molecular weight is 738 g/mol. The maximum atomic E-state index is 5.25. The summed E-state index contributed by atoms with van der Waals surface area (Å²) in [5, 5.41) is 9.58. The number of nitrogens with zero attached hydrogens (tertiary/aromatic N) is 3. The molecule has 58 heavy (non-hydrogen) atoms. The Labute approximate surface area is 336 Å². The van der Waals surface area contributed by atoms with E-state index in [0.29, 0.717) is 17.5 Å². The molecular formula is C55H35N3. The van der Waals surface area contributed by atoms with E-state index in [1.165, 1.54) is 49.0 Å². The number of hydrogen-bond donors (Lipinski definition) is 0. The molecule has 0 unspecified atom stereocenters. The number of fused-ring (bicyclic) bond motifs is 5. The summed E-state index contributed by atoms with van der Waals surface area (Å²) in [5.41, 5.74) is 9.81. The van der Waals surface area contributed by atoms with Crippen molar-refractivity contribution in [1.29, 1.82) is 0 Å². The minimum Gasteiger partial charge on any atom is -0.208 e. The van der Waals surface area contributed by atoms with Crippen LogP contribution in [0.4, 0.5) is 0 Å². The number of rotatable bonds is 6. The Morgan fingerprint density at radius 1 is 0.207 bits per heavy atom. The van der Waals surface area contributed by atoms with E-state index in [1.807, 2.05) is 0 Å². The third-order valence-corrected chi connectivity index (χ3v) is 11.3. The first kappa shape index (κ1) is 33.6. The Kier molecular flexibility index (Phi) is 8.15. The van der Waals surface area contributed by atoms with Crippen molar-refractivity contribution in [2.24, 2.45) is 0 Å². The maximum Gasteiger partial charge on any atom is 0.164 e. The summed E-state index contributed by atoms with van der Waals surface area (Å²) in [6.07, 6.45) is 0. The first-order chi connectivity index (χ1) is 28.7. The zero-order valence-corrected chi connectivity index (χ0v) is 31.5. The Bertz CT molecular complexity index is 3320. The summed E-state index contributed by atoms with van der Waals surface area (Å²) < 4.78 is 0. The van der Waals surface area contributed by atoms with E-state index in [9.17, 15) is 0 Å². The van der Waals surface area contributed by atoms with Gasteiger partial charge >= 0.3 is 0 Å². The van der Waals surface area contributed by atoms with E-state index in [-0.39, 0.29) is 0 Å². The molecular weight excluding hydrogens is 703 g/mol. The number of hydrogen-bond acceptors (Lipinski definition) is 3. The van der Waals surface area contributed by atoms with Crippen LogP contribution >= 0.6 is 0 Å². The molecule has 0 aliphatic rings. The molecule has 1 heterocycles. The summed E-state index contributed by atoms with van der Waals surface area (Å²) >= 11 is 0. The van der Waals surface area contributed by atoms with Crippen molar-refractivity contribution < 1.29 is 0 Å². The average Bonchev–Trinajstić information content (AvgIpc) is 3.31. The van der Waals surface area contributed by atoms with Gasteiger partial charge in [0.2, 0.25) is 0 Å². The van der Waals surface area contributed by atoms with Crippen molar-refractivity contribution in [2.75, 3.05) is 0 Å². The first-order valence-electron chi connectivity index (χ1n) is 19.7. The van der Waals surface area contributed by atoms with Gasteiger partial charge in [-0.1, -0.05) is 194 Å². The van der Waals surface area contributed by atoms with E-state index in [1.54, 1.807) is 0 Å². The molecule has 11 rings (SSSR count). The van der Waals surface area contributed by atoms with Gasteiger partial charge in [-0.3, -0.25) is 0 Å². The minimum atomic E-state index is 0.630. The fourth-order valence-electron chi connectivity index (χ4n) is 8.33. The van der Waals surface area contributed by atoms with Crippen LogP contribution in [-0.2, 0) is 0 Å². The molecule has 0 bridgehead atoms. The summed E-state index contributed by atoms with van der Waals surface area (Å²) in [4.78, 5) is 15.7. The SMILES string of the molecule is c1cc(-c2ccc(-c3ccc4ccccc4c3)cc2)cc(-c2nc(-c3ccc(-c4cccc5ccccc45)cc3)nc(-c3cc4ccccc4c4ccccc34)n2)c1. The van der Waals surface area contributed by atoms with Crippen LogP contribution in [0, 0.1) is 0 Å². The number of benzene rings is 10. The molecule has 0 spiro atoms. The van der Waals surface area contributed by atoms with Gasteiger partial charge in [-0.2, -0.15) is 0 Å². The van der Waals surface area contributed by atoms with Crippen molar-refractivity contribution in [3.05, 3.63) is 212 Å². The van der Waals surface area contributed by atoms with Crippen LogP contribution in [0.2, 0.25) is 0 Å². The van der Waals surface area contributed by atoms with Crippen molar-refractivity contribution in [3.8, 4) is 67.5 Å². The highest BCUT2D eigenvalue weighted by molar-refractivity contribution is 6.13. The van der Waals surface area contributed by atoms with E-state index in [2.05, 4.69) is 212 Å². The predicted octanol–water partition coefficient (Wildman–Crippen LogP) is 14.5. The summed E-state index contributed by atoms with van der Waals surface area (Å²) in [6, 6.07) is 75.4. The van der Waals surface area contributed by atoms with Crippen LogP contribution in [0.15, 0.2) is 212 Å². The summed E-state index contributed by atoms with van der Waals surface area (Å²) in [5.74, 6) is 1.90. The van der Waals surface area contributed by atoms with Crippen LogP contribution in [0.5, 0.6) is 0 Å². The van der Waals surface area contributed by atoms with Gasteiger partial charge in [-0.05, 0) is 94.7 Å². The molecule has 3 heteroatoms. The largest absolute Gasteiger partial charge is 0.208 e. The molecule has 10 aromatic carbocycles. The molecule has 1 aromatic heterocycles. The molecule has 0 radical (unpaired) electrons. The number of aromatic nitrogens is 3. The fraction of sp³-hybridized carbons (Fsp3) is 0. The Hall–Kier alpha value is -7.75. The predicted molar refractivity (Wildman–Crippen MR) is 242 cm³/mol. The van der Waals surface area contributed by atoms with Crippen LogP contribution in [0.3, 0.4) is 0 Å². The quantitative estimate of drug-likeness (QED) is 0.160. The summed E-state index contributed by atoms with van der Waals surface area (Å²) in [7, 11) is 0. The van der Waals surface area contributed by atoms with Gasteiger partial charge in [0.15, 0.2) is 17.5 Å². The highest BCUT2D eigenvalue weighted by atomic mass is 15.0. The van der Waals surface area contributed by atoms with Gasteiger partial charge in [0.1, 0.15) is 0 Å². The highest BCUT2D eigenvalue weighted by Gasteiger charge is 2.17. The molecule has 0 aliphatic carbocycles. The molecule has 0 saturated carbocycles. The van der Waals surface area contributed by atoms with Crippen LogP contribution in [0.1, 0.15) is 0 Å². The van der Waals surface area contributed by atoms with Crippen molar-refractivity contribution in [1.82, 2.24) is 15.0 Å². The Morgan fingerprint density at radius 3 is 1.48 bits per heavy atom. The second-order valence-electron chi connectivity index (χ2n) is 14.8. The lowest BCUT2D eigenvalue weighted by Crippen LogP contribution is -2.01. The second kappa shape index (κ2) is 14.1. The van der Waals surface area contributed by atoms with Crippen molar-refractivity contribution in [3.63, 3.8) is 0 Å². The molecule has 0 fully saturated rings. The lowest BCUT2D eigenvalue weighted by atomic mass is 9.96. The Morgan fingerprint density at radius 2 is 0.707 bits per heavy atom. The fourth-order valence-corrected chi connectivity index (χ4v) is 8.33. The molecule has 0 N–H and O–H groups in total. The highest BCUT2D eigenvalue weighted by Crippen LogP contribution is 2.37. The van der Waals surface area contributed by atoms with Gasteiger partial charge in [-0.25, -0.2) is 15.0 Å². The molecule has 0 saturated heterocycles. The van der Waals surface area contributed by atoms with Crippen LogP contribution < -0.4 is 0 Å². The molecule has 0 amide bonds. The lowest BCUT2D eigenvalue weighted by Gasteiger charge is -2.13. The van der Waals surface area contributed by atoms with Crippen LogP contribution in [-0.4, -0.2) is 15.0 Å². The normalized spacial score (nSPS) is 11.4. The standard InChI is InChI=1S/C55H35N3/c1-2-13-42-33-44(32-27-36(42)11-1)38-25-23-37(24-26-38)43-16-9-17-46(34-43)54-56-53(41-30-28-40(29-31-41)48-22-10-15-39-12-3-5-18-47(39)48)57-55(58-54)52-35-45-14-4-6-19-49(45)50-20-7-8-21-51(50)52/h1-35H.